The van der Waals surface area contributed by atoms with Gasteiger partial charge < -0.3 is 15.2 Å². The van der Waals surface area contributed by atoms with Gasteiger partial charge in [0.05, 0.1) is 6.61 Å². The molecule has 2 rings (SSSR count). The van der Waals surface area contributed by atoms with E-state index in [9.17, 15) is 0 Å². The lowest BCUT2D eigenvalue weighted by Gasteiger charge is -2.10. The average Bonchev–Trinajstić information content (AvgIpc) is 2.68. The Kier molecular flexibility index (Phi) is 3.08. The van der Waals surface area contributed by atoms with Crippen LogP contribution in [0.25, 0.3) is 0 Å². The number of nitrogens with two attached hydrogens (primary N) is 1. The first kappa shape index (κ1) is 9.58. The molecule has 1 aliphatic heterocycles. The van der Waals surface area contributed by atoms with E-state index in [-0.39, 0.29) is 12.4 Å². The topological polar surface area (TPSA) is 57.4 Å². The molecule has 1 aromatic rings. The van der Waals surface area contributed by atoms with Crippen molar-refractivity contribution < 1.29 is 9.47 Å². The molecule has 2 N–H and O–H groups in total. The molecule has 1 fully saturated rings. The van der Waals surface area contributed by atoms with Gasteiger partial charge in [-0.25, -0.2) is 0 Å². The lowest BCUT2D eigenvalue weighted by Crippen LogP contribution is -2.14. The highest BCUT2D eigenvalue weighted by Gasteiger charge is 2.26. The maximum Gasteiger partial charge on any atom is 0.159 e. The smallest absolute Gasteiger partial charge is 0.159 e. The van der Waals surface area contributed by atoms with Crippen LogP contribution in [-0.2, 0) is 9.47 Å². The highest BCUT2D eigenvalue weighted by Crippen LogP contribution is 2.26. The predicted octanol–water partition coefficient (Wildman–Crippen LogP) is 0.844. The monoisotopic (exact) mass is 194 g/mol. The summed E-state index contributed by atoms with van der Waals surface area (Å²) in [5.41, 5.74) is 6.53. The summed E-state index contributed by atoms with van der Waals surface area (Å²) >= 11 is 0. The van der Waals surface area contributed by atoms with E-state index < -0.39 is 0 Å². The zero-order valence-corrected chi connectivity index (χ0v) is 7.93. The normalized spacial score (nSPS) is 26.6. The van der Waals surface area contributed by atoms with Gasteiger partial charge in [0.25, 0.3) is 0 Å². The Bertz CT molecular complexity index is 279. The average molecular weight is 194 g/mol. The van der Waals surface area contributed by atoms with Gasteiger partial charge >= 0.3 is 0 Å². The predicted molar refractivity (Wildman–Crippen MR) is 51.5 cm³/mol. The van der Waals surface area contributed by atoms with Gasteiger partial charge in [-0.05, 0) is 24.2 Å². The molecule has 0 radical (unpaired) electrons. The summed E-state index contributed by atoms with van der Waals surface area (Å²) in [4.78, 5) is 3.96. The van der Waals surface area contributed by atoms with Gasteiger partial charge in [-0.3, -0.25) is 4.98 Å². The fourth-order valence-corrected chi connectivity index (χ4v) is 1.50. The van der Waals surface area contributed by atoms with Crippen molar-refractivity contribution in [3.63, 3.8) is 0 Å². The minimum absolute atomic E-state index is 0.0366. The first-order valence-electron chi connectivity index (χ1n) is 4.77. The molecule has 14 heavy (non-hydrogen) atoms. The third-order valence-corrected chi connectivity index (χ3v) is 2.23. The maximum atomic E-state index is 5.66. The van der Waals surface area contributed by atoms with Crippen molar-refractivity contribution in [1.82, 2.24) is 4.98 Å². The largest absolute Gasteiger partial charge is 0.350 e. The van der Waals surface area contributed by atoms with Crippen LogP contribution in [0.15, 0.2) is 24.5 Å². The van der Waals surface area contributed by atoms with Gasteiger partial charge in [0, 0.05) is 18.8 Å². The molecular weight excluding hydrogens is 180 g/mol. The summed E-state index contributed by atoms with van der Waals surface area (Å²) in [5, 5.41) is 0. The maximum absolute atomic E-state index is 5.66. The van der Waals surface area contributed by atoms with Crippen LogP contribution in [0.1, 0.15) is 18.1 Å². The Balaban J connectivity index is 1.96. The number of rotatable bonds is 3. The fourth-order valence-electron chi connectivity index (χ4n) is 1.50. The van der Waals surface area contributed by atoms with Crippen LogP contribution in [0, 0.1) is 0 Å². The molecule has 76 valence electrons. The third kappa shape index (κ3) is 2.09. The van der Waals surface area contributed by atoms with Crippen molar-refractivity contribution in [3.8, 4) is 0 Å². The van der Waals surface area contributed by atoms with Crippen LogP contribution in [-0.4, -0.2) is 24.4 Å². The highest BCUT2D eigenvalue weighted by atomic mass is 16.7. The van der Waals surface area contributed by atoms with Crippen molar-refractivity contribution in [2.24, 2.45) is 5.73 Å². The second-order valence-electron chi connectivity index (χ2n) is 3.25. The number of aromatic nitrogens is 1. The number of ether oxygens (including phenoxy) is 2. The first-order valence-corrected chi connectivity index (χ1v) is 4.77. The Morgan fingerprint density at radius 2 is 2.21 bits per heavy atom. The van der Waals surface area contributed by atoms with Gasteiger partial charge in [0.15, 0.2) is 6.29 Å². The van der Waals surface area contributed by atoms with Crippen LogP contribution < -0.4 is 5.73 Å². The van der Waals surface area contributed by atoms with Crippen molar-refractivity contribution >= 4 is 0 Å². The van der Waals surface area contributed by atoms with E-state index in [2.05, 4.69) is 4.98 Å². The molecule has 1 aliphatic rings. The van der Waals surface area contributed by atoms with Gasteiger partial charge in [0.2, 0.25) is 0 Å². The number of nitrogens with zero attached hydrogens (tertiary/aromatic N) is 1. The Morgan fingerprint density at radius 1 is 1.43 bits per heavy atom. The van der Waals surface area contributed by atoms with Gasteiger partial charge in [0.1, 0.15) is 6.10 Å². The minimum Gasteiger partial charge on any atom is -0.350 e. The molecule has 2 unspecified atom stereocenters. The van der Waals surface area contributed by atoms with E-state index in [4.69, 9.17) is 15.2 Å². The molecule has 2 heterocycles. The molecule has 1 saturated heterocycles. The molecule has 2 atom stereocenters. The van der Waals surface area contributed by atoms with E-state index in [1.165, 1.54) is 0 Å². The van der Waals surface area contributed by atoms with Crippen LogP contribution >= 0.6 is 0 Å². The molecule has 4 heteroatoms. The fraction of sp³-hybridized carbons (Fsp3) is 0.500. The second kappa shape index (κ2) is 4.50. The van der Waals surface area contributed by atoms with Gasteiger partial charge in [-0.2, -0.15) is 0 Å². The van der Waals surface area contributed by atoms with Gasteiger partial charge in [-0.1, -0.05) is 0 Å². The molecule has 0 spiro atoms. The summed E-state index contributed by atoms with van der Waals surface area (Å²) in [6.07, 6.45) is 4.17. The van der Waals surface area contributed by atoms with E-state index in [1.54, 1.807) is 12.4 Å². The first-order chi connectivity index (χ1) is 6.90. The summed E-state index contributed by atoms with van der Waals surface area (Å²) in [7, 11) is 0. The molecule has 0 bridgehead atoms. The molecule has 1 aromatic heterocycles. The number of pyridine rings is 1. The van der Waals surface area contributed by atoms with Crippen molar-refractivity contribution in [2.45, 2.75) is 18.8 Å². The molecule has 0 aliphatic carbocycles. The summed E-state index contributed by atoms with van der Waals surface area (Å²) < 4.78 is 11.1. The molecule has 0 aromatic carbocycles. The Labute approximate surface area is 83.0 Å². The molecule has 0 amide bonds. The lowest BCUT2D eigenvalue weighted by molar-refractivity contribution is -0.0606. The van der Waals surface area contributed by atoms with E-state index in [0.717, 1.165) is 12.0 Å². The zero-order chi connectivity index (χ0) is 9.80. The van der Waals surface area contributed by atoms with E-state index >= 15 is 0 Å². The lowest BCUT2D eigenvalue weighted by atomic mass is 10.2. The summed E-state index contributed by atoms with van der Waals surface area (Å²) in [6, 6.07) is 3.89. The molecular formula is C10H14N2O2. The van der Waals surface area contributed by atoms with Crippen LogP contribution in [0.4, 0.5) is 0 Å². The van der Waals surface area contributed by atoms with Crippen molar-refractivity contribution in [1.29, 1.82) is 0 Å². The van der Waals surface area contributed by atoms with Crippen molar-refractivity contribution in [3.05, 3.63) is 30.1 Å². The molecule has 0 saturated carbocycles. The Hall–Kier alpha value is -0.970. The van der Waals surface area contributed by atoms with Crippen LogP contribution in [0.3, 0.4) is 0 Å². The van der Waals surface area contributed by atoms with E-state index in [1.807, 2.05) is 12.1 Å². The van der Waals surface area contributed by atoms with Crippen molar-refractivity contribution in [2.75, 3.05) is 13.2 Å². The minimum atomic E-state index is -0.141. The standard InChI is InChI=1S/C10H14N2O2/c11-4-1-10-13-7-9(14-10)8-2-5-12-6-3-8/h2-3,5-6,9-10H,1,4,7,11H2. The SMILES string of the molecule is NCCC1OCC(c2ccncc2)O1. The Morgan fingerprint density at radius 3 is 2.93 bits per heavy atom. The number of hydrogen-bond acceptors (Lipinski definition) is 4. The zero-order valence-electron chi connectivity index (χ0n) is 7.93. The number of hydrogen-bond donors (Lipinski definition) is 1. The van der Waals surface area contributed by atoms with Crippen LogP contribution in [0.2, 0.25) is 0 Å². The quantitative estimate of drug-likeness (QED) is 0.774. The van der Waals surface area contributed by atoms with Crippen LogP contribution in [0.5, 0.6) is 0 Å². The second-order valence-corrected chi connectivity index (χ2v) is 3.25. The summed E-state index contributed by atoms with van der Waals surface area (Å²) in [5.74, 6) is 0. The van der Waals surface area contributed by atoms with Gasteiger partial charge in [-0.15, -0.1) is 0 Å². The van der Waals surface area contributed by atoms with E-state index in [0.29, 0.717) is 13.2 Å². The third-order valence-electron chi connectivity index (χ3n) is 2.23. The highest BCUT2D eigenvalue weighted by molar-refractivity contribution is 5.13. The molecule has 4 nitrogen and oxygen atoms in total. The summed E-state index contributed by atoms with van der Waals surface area (Å²) in [6.45, 7) is 1.20.